The fourth-order valence-electron chi connectivity index (χ4n) is 5.03. The number of thiazole rings is 1. The van der Waals surface area contributed by atoms with Crippen molar-refractivity contribution in [2.24, 2.45) is 5.92 Å². The Morgan fingerprint density at radius 2 is 1.78 bits per heavy atom. The molecular formula is C27H18ClN5O6S2. The number of nitrogens with one attached hydrogen (secondary N) is 1. The first-order valence-electron chi connectivity index (χ1n) is 12.2. The van der Waals surface area contributed by atoms with Crippen molar-refractivity contribution in [3.8, 4) is 0 Å². The van der Waals surface area contributed by atoms with Crippen LogP contribution in [0.4, 0.5) is 17.1 Å². The van der Waals surface area contributed by atoms with E-state index >= 15 is 0 Å². The molecule has 2 unspecified atom stereocenters. The number of pyridine rings is 1. The van der Waals surface area contributed by atoms with Gasteiger partial charge in [0.2, 0.25) is 17.7 Å². The van der Waals surface area contributed by atoms with Gasteiger partial charge >= 0.3 is 4.87 Å². The largest absolute Gasteiger partial charge is 0.325 e. The van der Waals surface area contributed by atoms with E-state index in [1.54, 1.807) is 48.8 Å². The predicted octanol–water partition coefficient (Wildman–Crippen LogP) is 4.30. The Kier molecular flexibility index (Phi) is 6.93. The van der Waals surface area contributed by atoms with Gasteiger partial charge in [0.1, 0.15) is 11.8 Å². The van der Waals surface area contributed by atoms with E-state index < -0.39 is 44.6 Å². The third kappa shape index (κ3) is 4.81. The van der Waals surface area contributed by atoms with E-state index in [1.165, 1.54) is 28.8 Å². The van der Waals surface area contributed by atoms with Crippen molar-refractivity contribution >= 4 is 69.5 Å². The van der Waals surface area contributed by atoms with E-state index in [0.29, 0.717) is 26.2 Å². The van der Waals surface area contributed by atoms with Gasteiger partial charge in [-0.25, -0.2) is 4.90 Å². The molecule has 1 N–H and O–H groups in total. The Balaban J connectivity index is 1.38. The Hall–Kier alpha value is -4.33. The van der Waals surface area contributed by atoms with Gasteiger partial charge in [-0.3, -0.25) is 38.8 Å². The lowest BCUT2D eigenvalue weighted by atomic mass is 9.84. The molecule has 3 atom stereocenters. The van der Waals surface area contributed by atoms with Crippen molar-refractivity contribution in [2.45, 2.75) is 22.7 Å². The molecule has 0 spiro atoms. The Morgan fingerprint density at radius 1 is 1.05 bits per heavy atom. The summed E-state index contributed by atoms with van der Waals surface area (Å²) in [6, 6.07) is 15.2. The van der Waals surface area contributed by atoms with Crippen LogP contribution in [0.25, 0.3) is 0 Å². The summed E-state index contributed by atoms with van der Waals surface area (Å²) in [6.45, 7) is -0.300. The summed E-state index contributed by atoms with van der Waals surface area (Å²) in [4.78, 5) is 69.6. The number of thioether (sulfide) groups is 1. The average molecular weight is 608 g/mol. The highest BCUT2D eigenvalue weighted by atomic mass is 35.5. The van der Waals surface area contributed by atoms with Gasteiger partial charge in [0.25, 0.3) is 5.69 Å². The molecule has 4 aromatic rings. The monoisotopic (exact) mass is 607 g/mol. The lowest BCUT2D eigenvalue weighted by Gasteiger charge is -2.30. The van der Waals surface area contributed by atoms with Gasteiger partial charge in [-0.1, -0.05) is 40.8 Å². The summed E-state index contributed by atoms with van der Waals surface area (Å²) in [5.74, 6) is -2.95. The molecule has 2 aliphatic heterocycles. The van der Waals surface area contributed by atoms with Crippen molar-refractivity contribution < 1.29 is 19.3 Å². The molecule has 206 valence electrons. The number of hydrogen-bond acceptors (Lipinski definition) is 9. The molecular weight excluding hydrogens is 590 g/mol. The number of amides is 3. The van der Waals surface area contributed by atoms with Gasteiger partial charge in [0.15, 0.2) is 0 Å². The van der Waals surface area contributed by atoms with E-state index in [1.807, 2.05) is 0 Å². The second kappa shape index (κ2) is 10.6. The van der Waals surface area contributed by atoms with Crippen LogP contribution in [0, 0.1) is 16.0 Å². The minimum Gasteiger partial charge on any atom is -0.325 e. The molecule has 3 amide bonds. The first-order valence-corrected chi connectivity index (χ1v) is 14.3. The number of carbonyl (C=O) groups excluding carboxylic acids is 3. The number of aromatic nitrogens is 2. The van der Waals surface area contributed by atoms with Gasteiger partial charge in [-0.15, -0.1) is 0 Å². The topological polar surface area (TPSA) is 145 Å². The highest BCUT2D eigenvalue weighted by Crippen LogP contribution is 2.53. The first kappa shape index (κ1) is 26.9. The van der Waals surface area contributed by atoms with Gasteiger partial charge in [0.05, 0.1) is 21.6 Å². The maximum Gasteiger partial charge on any atom is 0.308 e. The van der Waals surface area contributed by atoms with Crippen molar-refractivity contribution in [1.82, 2.24) is 9.55 Å². The number of carbonyl (C=O) groups is 3. The SMILES string of the molecule is O=C(Cn1c2c(sc1=O)[C@@H](c1cccnc1)C1C(=O)N(c3ccc([N+](=O)[O-])cc3)C(=O)C1S2)Nc1ccc(Cl)cc1. The molecule has 0 saturated carbocycles. The number of fused-ring (bicyclic) bond motifs is 2. The number of anilines is 2. The minimum absolute atomic E-state index is 0.170. The Bertz CT molecular complexity index is 1760. The number of nitrogens with zero attached hydrogens (tertiary/aromatic N) is 4. The maximum absolute atomic E-state index is 13.8. The number of nitro groups is 1. The summed E-state index contributed by atoms with van der Waals surface area (Å²) < 4.78 is 1.32. The molecule has 2 aromatic heterocycles. The van der Waals surface area contributed by atoms with Crippen LogP contribution in [0.3, 0.4) is 0 Å². The Morgan fingerprint density at radius 3 is 2.44 bits per heavy atom. The second-order valence-corrected chi connectivity index (χ2v) is 11.9. The first-order chi connectivity index (χ1) is 19.7. The smallest absolute Gasteiger partial charge is 0.308 e. The molecule has 0 aliphatic carbocycles. The van der Waals surface area contributed by atoms with Crippen LogP contribution in [0.1, 0.15) is 16.4 Å². The van der Waals surface area contributed by atoms with Crippen LogP contribution in [-0.4, -0.2) is 37.4 Å². The number of halogens is 1. The highest BCUT2D eigenvalue weighted by molar-refractivity contribution is 8.00. The molecule has 41 heavy (non-hydrogen) atoms. The van der Waals surface area contributed by atoms with Crippen LogP contribution in [0.15, 0.2) is 82.9 Å². The fraction of sp³-hybridized carbons (Fsp3) is 0.148. The van der Waals surface area contributed by atoms with E-state index in [-0.39, 0.29) is 17.9 Å². The fourth-order valence-corrected chi connectivity index (χ4v) is 7.93. The quantitative estimate of drug-likeness (QED) is 0.194. The zero-order valence-corrected chi connectivity index (χ0v) is 23.2. The van der Waals surface area contributed by atoms with Gasteiger partial charge in [0, 0.05) is 46.0 Å². The summed E-state index contributed by atoms with van der Waals surface area (Å²) in [7, 11) is 0. The number of rotatable bonds is 6. The van der Waals surface area contributed by atoms with Crippen molar-refractivity contribution in [3.63, 3.8) is 0 Å². The third-order valence-electron chi connectivity index (χ3n) is 6.84. The molecule has 0 bridgehead atoms. The molecule has 1 fully saturated rings. The molecule has 6 rings (SSSR count). The third-order valence-corrected chi connectivity index (χ3v) is 9.70. The highest BCUT2D eigenvalue weighted by Gasteiger charge is 2.57. The van der Waals surface area contributed by atoms with Gasteiger partial charge < -0.3 is 5.32 Å². The molecule has 1 saturated heterocycles. The van der Waals surface area contributed by atoms with Crippen LogP contribution in [0.2, 0.25) is 5.02 Å². The summed E-state index contributed by atoms with van der Waals surface area (Å²) in [6.07, 6.45) is 3.18. The normalized spacial score (nSPS) is 19.5. The number of imide groups is 1. The molecule has 0 radical (unpaired) electrons. The lowest BCUT2D eigenvalue weighted by molar-refractivity contribution is -0.384. The molecule has 2 aliphatic rings. The zero-order chi connectivity index (χ0) is 28.8. The summed E-state index contributed by atoms with van der Waals surface area (Å²) >= 11 is 7.92. The number of benzene rings is 2. The predicted molar refractivity (Wildman–Crippen MR) is 153 cm³/mol. The number of non-ortho nitro benzene ring substituents is 1. The average Bonchev–Trinajstić information content (AvgIpc) is 3.40. The van der Waals surface area contributed by atoms with Crippen LogP contribution in [-0.2, 0) is 20.9 Å². The lowest BCUT2D eigenvalue weighted by Crippen LogP contribution is -2.33. The zero-order valence-electron chi connectivity index (χ0n) is 20.8. The van der Waals surface area contributed by atoms with Crippen molar-refractivity contribution in [3.05, 3.63) is 108 Å². The maximum atomic E-state index is 13.8. The molecule has 11 nitrogen and oxygen atoms in total. The van der Waals surface area contributed by atoms with E-state index in [2.05, 4.69) is 10.3 Å². The number of hydrogen-bond donors (Lipinski definition) is 1. The van der Waals surface area contributed by atoms with Gasteiger partial charge in [-0.2, -0.15) is 0 Å². The van der Waals surface area contributed by atoms with E-state index in [9.17, 15) is 29.3 Å². The summed E-state index contributed by atoms with van der Waals surface area (Å²) in [5.41, 5.74) is 1.20. The second-order valence-electron chi connectivity index (χ2n) is 9.29. The van der Waals surface area contributed by atoms with Crippen molar-refractivity contribution in [1.29, 1.82) is 0 Å². The van der Waals surface area contributed by atoms with Crippen LogP contribution < -0.4 is 15.1 Å². The van der Waals surface area contributed by atoms with E-state index in [0.717, 1.165) is 28.0 Å². The van der Waals surface area contributed by atoms with Crippen LogP contribution >= 0.6 is 34.7 Å². The summed E-state index contributed by atoms with van der Waals surface area (Å²) in [5, 5.41) is 13.9. The van der Waals surface area contributed by atoms with Crippen LogP contribution in [0.5, 0.6) is 0 Å². The molecule has 2 aromatic carbocycles. The van der Waals surface area contributed by atoms with Gasteiger partial charge in [-0.05, 0) is 48.0 Å². The minimum atomic E-state index is -0.894. The molecule has 14 heteroatoms. The van der Waals surface area contributed by atoms with Crippen molar-refractivity contribution in [2.75, 3.05) is 10.2 Å². The molecule has 4 heterocycles. The standard InChI is InChI=1S/C27H18ClN5O6S2/c28-15-3-5-16(6-4-15)30-19(34)13-31-26-23(41-27(31)37)20(14-2-1-11-29-12-14)21-22(40-26)25(36)32(24(21)35)17-7-9-18(10-8-17)33(38)39/h1-12,20-22H,13H2,(H,30,34)/t20-,21?,22?/m0/s1. The Labute approximate surface area is 244 Å². The van der Waals surface area contributed by atoms with E-state index in [4.69, 9.17) is 11.6 Å². The number of nitro benzene ring substituents is 1.